The molecule has 18 heavy (non-hydrogen) atoms. The summed E-state index contributed by atoms with van der Waals surface area (Å²) in [4.78, 5) is 25.0. The van der Waals surface area contributed by atoms with Crippen LogP contribution < -0.4 is 5.32 Å². The summed E-state index contributed by atoms with van der Waals surface area (Å²) in [5.74, 6) is -0.827. The molecule has 2 unspecified atom stereocenters. The summed E-state index contributed by atoms with van der Waals surface area (Å²) in [5, 5.41) is 12.2. The number of carbonyl (C=O) groups is 2. The van der Waals surface area contributed by atoms with Gasteiger partial charge in [0.1, 0.15) is 0 Å². The highest BCUT2D eigenvalue weighted by atomic mass is 16.5. The molecular formula is C12H20N2O4. The number of hydrogen-bond donors (Lipinski definition) is 2. The van der Waals surface area contributed by atoms with E-state index in [4.69, 9.17) is 4.74 Å². The van der Waals surface area contributed by atoms with Crippen LogP contribution in [0.25, 0.3) is 0 Å². The van der Waals surface area contributed by atoms with Crippen molar-refractivity contribution in [2.75, 3.05) is 26.3 Å². The number of carbonyl (C=O) groups excluding carboxylic acids is 1. The Bertz CT molecular complexity index is 341. The van der Waals surface area contributed by atoms with Crippen LogP contribution in [0.5, 0.6) is 0 Å². The van der Waals surface area contributed by atoms with Crippen LogP contribution in [-0.2, 0) is 9.53 Å². The van der Waals surface area contributed by atoms with E-state index < -0.39 is 11.4 Å². The standard InChI is InChI=1S/C12H20N2O4/c1-12(10(15)16)4-2-3-9(12)13-11(17)14-5-7-18-8-6-14/h9H,2-8H2,1H3,(H,13,17)(H,15,16). The van der Waals surface area contributed by atoms with Gasteiger partial charge in [0.05, 0.1) is 18.6 Å². The van der Waals surface area contributed by atoms with Crippen molar-refractivity contribution < 1.29 is 19.4 Å². The first-order valence-corrected chi connectivity index (χ1v) is 6.40. The van der Waals surface area contributed by atoms with Gasteiger partial charge < -0.3 is 20.1 Å². The highest BCUT2D eigenvalue weighted by Crippen LogP contribution is 2.38. The molecule has 2 amide bonds. The van der Waals surface area contributed by atoms with E-state index in [1.54, 1.807) is 11.8 Å². The fourth-order valence-corrected chi connectivity index (χ4v) is 2.66. The van der Waals surface area contributed by atoms with E-state index in [2.05, 4.69) is 5.32 Å². The average molecular weight is 256 g/mol. The summed E-state index contributed by atoms with van der Waals surface area (Å²) >= 11 is 0. The molecule has 0 spiro atoms. The summed E-state index contributed by atoms with van der Waals surface area (Å²) in [6.07, 6.45) is 2.20. The van der Waals surface area contributed by atoms with Crippen molar-refractivity contribution in [3.05, 3.63) is 0 Å². The molecule has 2 atom stereocenters. The van der Waals surface area contributed by atoms with Gasteiger partial charge in [-0.05, 0) is 19.8 Å². The molecule has 0 aromatic carbocycles. The van der Waals surface area contributed by atoms with Crippen molar-refractivity contribution in [3.8, 4) is 0 Å². The molecule has 2 rings (SSSR count). The van der Waals surface area contributed by atoms with Crippen LogP contribution in [0.4, 0.5) is 4.79 Å². The molecule has 6 heteroatoms. The molecule has 2 fully saturated rings. The van der Waals surface area contributed by atoms with Gasteiger partial charge >= 0.3 is 12.0 Å². The van der Waals surface area contributed by atoms with Gasteiger partial charge in [-0.1, -0.05) is 6.42 Å². The summed E-state index contributed by atoms with van der Waals surface area (Å²) < 4.78 is 5.18. The Labute approximate surface area is 106 Å². The highest BCUT2D eigenvalue weighted by Gasteiger charge is 2.46. The molecule has 0 radical (unpaired) electrons. The summed E-state index contributed by atoms with van der Waals surface area (Å²) in [5.41, 5.74) is -0.831. The predicted octanol–water partition coefficient (Wildman–Crippen LogP) is 0.672. The largest absolute Gasteiger partial charge is 0.481 e. The number of morpholine rings is 1. The molecule has 1 heterocycles. The lowest BCUT2D eigenvalue weighted by atomic mass is 9.85. The van der Waals surface area contributed by atoms with Crippen molar-refractivity contribution in [3.63, 3.8) is 0 Å². The molecule has 1 aliphatic heterocycles. The number of hydrogen-bond acceptors (Lipinski definition) is 3. The highest BCUT2D eigenvalue weighted by molar-refractivity contribution is 5.79. The maximum Gasteiger partial charge on any atom is 0.317 e. The zero-order valence-electron chi connectivity index (χ0n) is 10.6. The van der Waals surface area contributed by atoms with Gasteiger partial charge in [-0.2, -0.15) is 0 Å². The molecule has 2 N–H and O–H groups in total. The van der Waals surface area contributed by atoms with Crippen LogP contribution in [0.2, 0.25) is 0 Å². The van der Waals surface area contributed by atoms with E-state index in [9.17, 15) is 14.7 Å². The minimum Gasteiger partial charge on any atom is -0.481 e. The maximum atomic E-state index is 12.0. The van der Waals surface area contributed by atoms with Crippen LogP contribution in [-0.4, -0.2) is 54.4 Å². The quantitative estimate of drug-likeness (QED) is 0.761. The summed E-state index contributed by atoms with van der Waals surface area (Å²) in [6, 6.07) is -0.442. The number of rotatable bonds is 2. The van der Waals surface area contributed by atoms with Crippen molar-refractivity contribution in [2.45, 2.75) is 32.2 Å². The lowest BCUT2D eigenvalue weighted by Gasteiger charge is -2.32. The van der Waals surface area contributed by atoms with E-state index in [1.165, 1.54) is 0 Å². The number of ether oxygens (including phenoxy) is 1. The van der Waals surface area contributed by atoms with Crippen LogP contribution in [0.3, 0.4) is 0 Å². The topological polar surface area (TPSA) is 78.9 Å². The van der Waals surface area contributed by atoms with Crippen molar-refractivity contribution in [1.29, 1.82) is 0 Å². The third-order valence-electron chi connectivity index (χ3n) is 4.04. The van der Waals surface area contributed by atoms with Crippen LogP contribution in [0.15, 0.2) is 0 Å². The van der Waals surface area contributed by atoms with E-state index in [0.29, 0.717) is 32.7 Å². The first-order valence-electron chi connectivity index (χ1n) is 6.40. The zero-order chi connectivity index (χ0) is 13.2. The second kappa shape index (κ2) is 5.14. The zero-order valence-corrected chi connectivity index (χ0v) is 10.6. The first kappa shape index (κ1) is 13.1. The molecule has 2 aliphatic rings. The Morgan fingerprint density at radius 3 is 2.67 bits per heavy atom. The Morgan fingerprint density at radius 1 is 1.39 bits per heavy atom. The Kier molecular flexibility index (Phi) is 3.75. The second-order valence-electron chi connectivity index (χ2n) is 5.22. The Balaban J connectivity index is 1.95. The molecular weight excluding hydrogens is 236 g/mol. The number of nitrogens with zero attached hydrogens (tertiary/aromatic N) is 1. The van der Waals surface area contributed by atoms with Gasteiger partial charge in [-0.3, -0.25) is 4.79 Å². The second-order valence-corrected chi connectivity index (χ2v) is 5.22. The molecule has 1 aliphatic carbocycles. The first-order chi connectivity index (χ1) is 8.54. The lowest BCUT2D eigenvalue weighted by molar-refractivity contribution is -0.148. The van der Waals surface area contributed by atoms with E-state index in [0.717, 1.165) is 12.8 Å². The molecule has 1 saturated heterocycles. The van der Waals surface area contributed by atoms with Gasteiger partial charge in [0.15, 0.2) is 0 Å². The molecule has 6 nitrogen and oxygen atoms in total. The number of carboxylic acids is 1. The third kappa shape index (κ3) is 2.43. The van der Waals surface area contributed by atoms with Gasteiger partial charge in [0.25, 0.3) is 0 Å². The van der Waals surface area contributed by atoms with Gasteiger partial charge in [-0.15, -0.1) is 0 Å². The number of nitrogens with one attached hydrogen (secondary N) is 1. The molecule has 0 aromatic rings. The SMILES string of the molecule is CC1(C(=O)O)CCCC1NC(=O)N1CCOCC1. The van der Waals surface area contributed by atoms with Gasteiger partial charge in [0.2, 0.25) is 0 Å². The van der Waals surface area contributed by atoms with Gasteiger partial charge in [0, 0.05) is 19.1 Å². The molecule has 0 bridgehead atoms. The molecule has 102 valence electrons. The monoisotopic (exact) mass is 256 g/mol. The van der Waals surface area contributed by atoms with Crippen molar-refractivity contribution in [1.82, 2.24) is 10.2 Å². The van der Waals surface area contributed by atoms with Gasteiger partial charge in [-0.25, -0.2) is 4.79 Å². The third-order valence-corrected chi connectivity index (χ3v) is 4.04. The Morgan fingerprint density at radius 2 is 2.06 bits per heavy atom. The van der Waals surface area contributed by atoms with Crippen LogP contribution in [0.1, 0.15) is 26.2 Å². The fourth-order valence-electron chi connectivity index (χ4n) is 2.66. The maximum absolute atomic E-state index is 12.0. The molecule has 0 aromatic heterocycles. The van der Waals surface area contributed by atoms with E-state index in [-0.39, 0.29) is 12.1 Å². The van der Waals surface area contributed by atoms with Crippen molar-refractivity contribution in [2.24, 2.45) is 5.41 Å². The van der Waals surface area contributed by atoms with Crippen molar-refractivity contribution >= 4 is 12.0 Å². The smallest absolute Gasteiger partial charge is 0.317 e. The van der Waals surface area contributed by atoms with Crippen LogP contribution in [0, 0.1) is 5.41 Å². The summed E-state index contributed by atoms with van der Waals surface area (Å²) in [7, 11) is 0. The average Bonchev–Trinajstić information content (AvgIpc) is 2.73. The summed E-state index contributed by atoms with van der Waals surface area (Å²) in [6.45, 7) is 3.96. The molecule has 1 saturated carbocycles. The lowest BCUT2D eigenvalue weighted by Crippen LogP contribution is -2.53. The minimum atomic E-state index is -0.831. The number of amides is 2. The number of carboxylic acid groups (broad SMARTS) is 1. The number of urea groups is 1. The van der Waals surface area contributed by atoms with Crippen LogP contribution >= 0.6 is 0 Å². The number of aliphatic carboxylic acids is 1. The minimum absolute atomic E-state index is 0.169. The van der Waals surface area contributed by atoms with E-state index in [1.807, 2.05) is 0 Å². The Hall–Kier alpha value is -1.30. The normalized spacial score (nSPS) is 32.3. The fraction of sp³-hybridized carbons (Fsp3) is 0.833. The van der Waals surface area contributed by atoms with E-state index >= 15 is 0 Å². The predicted molar refractivity (Wildman–Crippen MR) is 64.3 cm³/mol.